The molecule has 4 heteroatoms. The summed E-state index contributed by atoms with van der Waals surface area (Å²) in [6.45, 7) is 5.17. The van der Waals surface area contributed by atoms with Crippen LogP contribution in [0.15, 0.2) is 48.5 Å². The molecular weight excluding hydrogens is 309 g/mol. The van der Waals surface area contributed by atoms with Crippen LogP contribution in [-0.2, 0) is 0 Å². The zero-order valence-electron chi connectivity index (χ0n) is 12.5. The fourth-order valence-corrected chi connectivity index (χ4v) is 4.03. The summed E-state index contributed by atoms with van der Waals surface area (Å²) in [6, 6.07) is 17.3. The second kappa shape index (κ2) is 5.08. The van der Waals surface area contributed by atoms with Gasteiger partial charge in [0.15, 0.2) is 0 Å². The van der Waals surface area contributed by atoms with Gasteiger partial charge in [0.25, 0.3) is 0 Å². The van der Waals surface area contributed by atoms with E-state index in [-0.39, 0.29) is 0 Å². The zero-order chi connectivity index (χ0) is 15.4. The molecule has 0 spiro atoms. The molecule has 0 nitrogen and oxygen atoms in total. The first-order valence-corrected chi connectivity index (χ1v) is 8.33. The minimum absolute atomic E-state index is 0.334. The van der Waals surface area contributed by atoms with Crippen LogP contribution < -0.4 is 21.9 Å². The minimum Gasteiger partial charge on any atom is -0.0827 e. The van der Waals surface area contributed by atoms with Crippen LogP contribution in [0.1, 0.15) is 0 Å². The summed E-state index contributed by atoms with van der Waals surface area (Å²) >= 11 is 12.5. The van der Waals surface area contributed by atoms with Crippen LogP contribution in [-0.4, -0.2) is 13.4 Å². The highest BCUT2D eigenvalue weighted by Crippen LogP contribution is 2.20. The molecule has 3 aromatic carbocycles. The van der Waals surface area contributed by atoms with Crippen LogP contribution in [0.4, 0.5) is 0 Å². The maximum atomic E-state index is 6.25. The molecule has 4 rings (SSSR count). The molecule has 106 valence electrons. The summed E-state index contributed by atoms with van der Waals surface area (Å²) in [7, 11) is 0. The topological polar surface area (TPSA) is 0 Å². The molecular formula is C18H14B2Cl2. The third kappa shape index (κ3) is 2.01. The van der Waals surface area contributed by atoms with E-state index < -0.39 is 0 Å². The van der Waals surface area contributed by atoms with Crippen molar-refractivity contribution in [3.05, 3.63) is 58.6 Å². The molecule has 0 fully saturated rings. The second-order valence-electron chi connectivity index (χ2n) is 6.17. The van der Waals surface area contributed by atoms with Crippen LogP contribution in [0, 0.1) is 0 Å². The van der Waals surface area contributed by atoms with Gasteiger partial charge in [-0.05, 0) is 22.9 Å². The van der Waals surface area contributed by atoms with E-state index in [1.54, 1.807) is 0 Å². The second-order valence-corrected chi connectivity index (χ2v) is 6.98. The van der Waals surface area contributed by atoms with Gasteiger partial charge < -0.3 is 0 Å². The van der Waals surface area contributed by atoms with E-state index in [2.05, 4.69) is 50.0 Å². The first-order chi connectivity index (χ1) is 10.6. The maximum Gasteiger partial charge on any atom is 0.204 e. The van der Waals surface area contributed by atoms with Gasteiger partial charge in [0.2, 0.25) is 13.4 Å². The molecule has 1 aliphatic rings. The number of rotatable bonds is 0. The average molecular weight is 323 g/mol. The van der Waals surface area contributed by atoms with Gasteiger partial charge in [-0.1, -0.05) is 95.1 Å². The SMILES string of the molecule is CB1c2cc(Cl)c(Cl)cc2B(C)c2cc3ccccc3cc21. The summed E-state index contributed by atoms with van der Waals surface area (Å²) in [5.41, 5.74) is 5.39. The molecule has 0 amide bonds. The first kappa shape index (κ1) is 14.2. The Morgan fingerprint density at radius 1 is 0.636 bits per heavy atom. The van der Waals surface area contributed by atoms with Gasteiger partial charge in [0.05, 0.1) is 10.0 Å². The maximum absolute atomic E-state index is 6.25. The summed E-state index contributed by atoms with van der Waals surface area (Å²) in [5.74, 6) is 0. The van der Waals surface area contributed by atoms with Crippen LogP contribution in [0.2, 0.25) is 23.7 Å². The molecule has 0 aliphatic carbocycles. The molecule has 0 saturated heterocycles. The fourth-order valence-electron chi connectivity index (χ4n) is 3.69. The predicted octanol–water partition coefficient (Wildman–Crippen LogP) is 2.94. The van der Waals surface area contributed by atoms with Crippen molar-refractivity contribution in [2.75, 3.05) is 0 Å². The van der Waals surface area contributed by atoms with Gasteiger partial charge in [-0.25, -0.2) is 0 Å². The van der Waals surface area contributed by atoms with E-state index in [1.807, 2.05) is 12.1 Å². The Morgan fingerprint density at radius 2 is 1.00 bits per heavy atom. The molecule has 0 radical (unpaired) electrons. The predicted molar refractivity (Wildman–Crippen MR) is 102 cm³/mol. The Morgan fingerprint density at radius 3 is 1.41 bits per heavy atom. The van der Waals surface area contributed by atoms with E-state index in [0.717, 1.165) is 0 Å². The third-order valence-corrected chi connectivity index (χ3v) is 5.67. The highest BCUT2D eigenvalue weighted by Gasteiger charge is 2.32. The summed E-state index contributed by atoms with van der Waals surface area (Å²) in [6.07, 6.45) is 0. The largest absolute Gasteiger partial charge is 0.204 e. The van der Waals surface area contributed by atoms with Crippen LogP contribution in [0.5, 0.6) is 0 Å². The van der Waals surface area contributed by atoms with Crippen molar-refractivity contribution in [1.82, 2.24) is 0 Å². The molecule has 1 heterocycles. The van der Waals surface area contributed by atoms with Crippen molar-refractivity contribution in [3.63, 3.8) is 0 Å². The lowest BCUT2D eigenvalue weighted by molar-refractivity contribution is 1.74. The minimum atomic E-state index is 0.334. The Hall–Kier alpha value is -1.37. The lowest BCUT2D eigenvalue weighted by Crippen LogP contribution is -2.66. The Balaban J connectivity index is 2.01. The van der Waals surface area contributed by atoms with E-state index in [4.69, 9.17) is 23.2 Å². The van der Waals surface area contributed by atoms with E-state index in [1.165, 1.54) is 32.6 Å². The Kier molecular flexibility index (Phi) is 3.29. The van der Waals surface area contributed by atoms with Gasteiger partial charge in [-0.3, -0.25) is 0 Å². The number of hydrogen-bond donors (Lipinski definition) is 0. The number of hydrogen-bond acceptors (Lipinski definition) is 0. The molecule has 0 N–H and O–H groups in total. The third-order valence-electron chi connectivity index (χ3n) is 4.94. The van der Waals surface area contributed by atoms with Gasteiger partial charge in [0, 0.05) is 0 Å². The molecule has 3 aromatic rings. The fraction of sp³-hybridized carbons (Fsp3) is 0.111. The summed E-state index contributed by atoms with van der Waals surface area (Å²) in [5, 5.41) is 3.88. The molecule has 0 bridgehead atoms. The monoisotopic (exact) mass is 322 g/mol. The van der Waals surface area contributed by atoms with Crippen LogP contribution >= 0.6 is 23.2 Å². The Labute approximate surface area is 141 Å². The van der Waals surface area contributed by atoms with Crippen molar-refractivity contribution < 1.29 is 0 Å². The first-order valence-electron chi connectivity index (χ1n) is 7.57. The van der Waals surface area contributed by atoms with Crippen molar-refractivity contribution >= 4 is 69.3 Å². The lowest BCUT2D eigenvalue weighted by atomic mass is 9.25. The highest BCUT2D eigenvalue weighted by molar-refractivity contribution is 7.02. The molecule has 0 saturated carbocycles. The number of benzene rings is 3. The van der Waals surface area contributed by atoms with Gasteiger partial charge >= 0.3 is 0 Å². The molecule has 0 aromatic heterocycles. The Bertz CT molecular complexity index is 831. The summed E-state index contributed by atoms with van der Waals surface area (Å²) < 4.78 is 0. The lowest BCUT2D eigenvalue weighted by Gasteiger charge is -2.29. The normalized spacial score (nSPS) is 13.3. The smallest absolute Gasteiger partial charge is 0.0827 e. The standard InChI is InChI=1S/C18H14B2Cl2/c1-19-13-7-11-5-3-4-6-12(11)8-14(13)20(2)16-10-18(22)17(21)9-15(16)19/h3-10H,1-2H3. The molecule has 0 unspecified atom stereocenters. The number of fused-ring (bicyclic) bond motifs is 3. The van der Waals surface area contributed by atoms with Gasteiger partial charge in [-0.2, -0.15) is 0 Å². The molecule has 1 aliphatic heterocycles. The summed E-state index contributed by atoms with van der Waals surface area (Å²) in [4.78, 5) is 0. The van der Waals surface area contributed by atoms with Crippen LogP contribution in [0.3, 0.4) is 0 Å². The van der Waals surface area contributed by atoms with E-state index in [0.29, 0.717) is 23.5 Å². The van der Waals surface area contributed by atoms with Crippen molar-refractivity contribution in [2.24, 2.45) is 0 Å². The van der Waals surface area contributed by atoms with Crippen molar-refractivity contribution in [1.29, 1.82) is 0 Å². The van der Waals surface area contributed by atoms with Crippen molar-refractivity contribution in [2.45, 2.75) is 13.6 Å². The van der Waals surface area contributed by atoms with Gasteiger partial charge in [-0.15, -0.1) is 0 Å². The van der Waals surface area contributed by atoms with Gasteiger partial charge in [0.1, 0.15) is 0 Å². The number of halogens is 2. The quantitative estimate of drug-likeness (QED) is 0.558. The molecule has 0 atom stereocenters. The zero-order valence-corrected chi connectivity index (χ0v) is 14.0. The molecule has 22 heavy (non-hydrogen) atoms. The van der Waals surface area contributed by atoms with Crippen LogP contribution in [0.25, 0.3) is 10.8 Å². The van der Waals surface area contributed by atoms with Crippen molar-refractivity contribution in [3.8, 4) is 0 Å². The highest BCUT2D eigenvalue weighted by atomic mass is 35.5. The van der Waals surface area contributed by atoms with E-state index in [9.17, 15) is 0 Å². The average Bonchev–Trinajstić information content (AvgIpc) is 2.53. The van der Waals surface area contributed by atoms with E-state index >= 15 is 0 Å².